The predicted octanol–water partition coefficient (Wildman–Crippen LogP) is 2.57. The molecule has 0 heterocycles. The number of nitrogens with one attached hydrogen (secondary N) is 1. The van der Waals surface area contributed by atoms with Gasteiger partial charge in [0.05, 0.1) is 5.92 Å². The fourth-order valence-corrected chi connectivity index (χ4v) is 3.60. The van der Waals surface area contributed by atoms with Gasteiger partial charge in [0.25, 0.3) is 0 Å². The van der Waals surface area contributed by atoms with E-state index in [-0.39, 0.29) is 17.9 Å². The van der Waals surface area contributed by atoms with E-state index in [9.17, 15) is 14.7 Å². The van der Waals surface area contributed by atoms with Crippen molar-refractivity contribution < 1.29 is 14.7 Å². The largest absolute Gasteiger partial charge is 0.481 e. The van der Waals surface area contributed by atoms with Gasteiger partial charge in [-0.2, -0.15) is 0 Å². The van der Waals surface area contributed by atoms with E-state index in [1.54, 1.807) is 0 Å². The minimum Gasteiger partial charge on any atom is -0.481 e. The van der Waals surface area contributed by atoms with Crippen molar-refractivity contribution in [2.24, 2.45) is 17.8 Å². The lowest BCUT2D eigenvalue weighted by molar-refractivity contribution is -0.143. The number of rotatable bonds is 3. The summed E-state index contributed by atoms with van der Waals surface area (Å²) in [4.78, 5) is 23.6. The van der Waals surface area contributed by atoms with Crippen LogP contribution in [-0.4, -0.2) is 23.0 Å². The molecule has 0 saturated heterocycles. The summed E-state index contributed by atoms with van der Waals surface area (Å²) in [6.07, 6.45) is 7.76. The van der Waals surface area contributed by atoms with Crippen molar-refractivity contribution in [1.29, 1.82) is 0 Å². The summed E-state index contributed by atoms with van der Waals surface area (Å²) < 4.78 is 0. The number of aliphatic carboxylic acids is 1. The molecular weight excluding hydrogens is 242 g/mol. The first-order chi connectivity index (χ1) is 9.09. The summed E-state index contributed by atoms with van der Waals surface area (Å²) in [6.45, 7) is 2.12. The Balaban J connectivity index is 1.98. The van der Waals surface area contributed by atoms with Crippen LogP contribution in [-0.2, 0) is 9.59 Å². The molecule has 4 nitrogen and oxygen atoms in total. The van der Waals surface area contributed by atoms with E-state index in [2.05, 4.69) is 12.2 Å². The van der Waals surface area contributed by atoms with E-state index in [4.69, 9.17) is 0 Å². The zero-order chi connectivity index (χ0) is 13.8. The molecule has 2 rings (SSSR count). The predicted molar refractivity (Wildman–Crippen MR) is 72.6 cm³/mol. The summed E-state index contributed by atoms with van der Waals surface area (Å²) >= 11 is 0. The van der Waals surface area contributed by atoms with Crippen molar-refractivity contribution >= 4 is 11.9 Å². The molecule has 2 saturated carbocycles. The van der Waals surface area contributed by atoms with Crippen LogP contribution in [0.3, 0.4) is 0 Å². The van der Waals surface area contributed by atoms with Gasteiger partial charge >= 0.3 is 5.97 Å². The van der Waals surface area contributed by atoms with Gasteiger partial charge in [-0.3, -0.25) is 9.59 Å². The normalized spacial score (nSPS) is 35.6. The highest BCUT2D eigenvalue weighted by atomic mass is 16.4. The molecule has 0 aromatic rings. The Labute approximate surface area is 115 Å². The minimum atomic E-state index is -0.758. The molecular formula is C15H25NO3. The van der Waals surface area contributed by atoms with E-state index < -0.39 is 11.9 Å². The number of hydrogen-bond donors (Lipinski definition) is 2. The Kier molecular flexibility index (Phi) is 4.83. The van der Waals surface area contributed by atoms with Gasteiger partial charge in [-0.1, -0.05) is 32.6 Å². The van der Waals surface area contributed by atoms with Gasteiger partial charge in [0.1, 0.15) is 0 Å². The summed E-state index contributed by atoms with van der Waals surface area (Å²) in [7, 11) is 0. The summed E-state index contributed by atoms with van der Waals surface area (Å²) in [5.41, 5.74) is 0. The fourth-order valence-electron chi connectivity index (χ4n) is 3.60. The van der Waals surface area contributed by atoms with E-state index in [0.29, 0.717) is 12.3 Å². The van der Waals surface area contributed by atoms with Crippen molar-refractivity contribution in [3.8, 4) is 0 Å². The van der Waals surface area contributed by atoms with E-state index in [1.165, 1.54) is 0 Å². The van der Waals surface area contributed by atoms with Crippen LogP contribution >= 0.6 is 0 Å². The highest BCUT2D eigenvalue weighted by Gasteiger charge is 2.35. The molecule has 4 heteroatoms. The van der Waals surface area contributed by atoms with Crippen molar-refractivity contribution in [2.45, 2.75) is 64.3 Å². The second-order valence-corrected chi connectivity index (χ2v) is 6.21. The Bertz CT molecular complexity index is 342. The SMILES string of the molecule is CC1CCCC1C(=O)NC1CCCCCC1C(=O)O. The molecule has 0 aliphatic heterocycles. The quantitative estimate of drug-likeness (QED) is 0.772. The molecule has 2 aliphatic rings. The summed E-state index contributed by atoms with van der Waals surface area (Å²) in [5.74, 6) is -0.537. The van der Waals surface area contributed by atoms with Crippen molar-refractivity contribution in [1.82, 2.24) is 5.32 Å². The molecule has 4 unspecified atom stereocenters. The van der Waals surface area contributed by atoms with E-state index >= 15 is 0 Å². The maximum absolute atomic E-state index is 12.3. The van der Waals surface area contributed by atoms with Crippen molar-refractivity contribution in [3.63, 3.8) is 0 Å². The Morgan fingerprint density at radius 3 is 2.26 bits per heavy atom. The minimum absolute atomic E-state index is 0.0862. The van der Waals surface area contributed by atoms with Crippen LogP contribution in [0.25, 0.3) is 0 Å². The van der Waals surface area contributed by atoms with Crippen LogP contribution in [0.5, 0.6) is 0 Å². The fraction of sp³-hybridized carbons (Fsp3) is 0.867. The third-order valence-electron chi connectivity index (χ3n) is 4.86. The van der Waals surface area contributed by atoms with Gasteiger partial charge in [0.2, 0.25) is 5.91 Å². The smallest absolute Gasteiger partial charge is 0.308 e. The van der Waals surface area contributed by atoms with Gasteiger partial charge in [-0.25, -0.2) is 0 Å². The van der Waals surface area contributed by atoms with Crippen LogP contribution in [0.15, 0.2) is 0 Å². The molecule has 0 radical (unpaired) electrons. The maximum Gasteiger partial charge on any atom is 0.308 e. The molecule has 19 heavy (non-hydrogen) atoms. The van der Waals surface area contributed by atoms with Crippen LogP contribution in [0.4, 0.5) is 0 Å². The van der Waals surface area contributed by atoms with Crippen LogP contribution in [0, 0.1) is 17.8 Å². The third-order valence-corrected chi connectivity index (χ3v) is 4.86. The number of carboxylic acids is 1. The second-order valence-electron chi connectivity index (χ2n) is 6.21. The van der Waals surface area contributed by atoms with Gasteiger partial charge in [0.15, 0.2) is 0 Å². The van der Waals surface area contributed by atoms with Gasteiger partial charge in [0, 0.05) is 12.0 Å². The number of carboxylic acid groups (broad SMARTS) is 1. The Hall–Kier alpha value is -1.06. The average molecular weight is 267 g/mol. The molecule has 1 amide bonds. The number of amides is 1. The third kappa shape index (κ3) is 3.48. The zero-order valence-electron chi connectivity index (χ0n) is 11.7. The zero-order valence-corrected chi connectivity index (χ0v) is 11.7. The van der Waals surface area contributed by atoms with Crippen LogP contribution in [0.1, 0.15) is 58.3 Å². The first-order valence-corrected chi connectivity index (χ1v) is 7.62. The number of carbonyl (C=O) groups excluding carboxylic acids is 1. The topological polar surface area (TPSA) is 66.4 Å². The molecule has 0 spiro atoms. The molecule has 0 aromatic heterocycles. The lowest BCUT2D eigenvalue weighted by Crippen LogP contribution is -2.45. The van der Waals surface area contributed by atoms with E-state index in [0.717, 1.165) is 44.9 Å². The maximum atomic E-state index is 12.3. The molecule has 0 bridgehead atoms. The van der Waals surface area contributed by atoms with Crippen LogP contribution < -0.4 is 5.32 Å². The number of hydrogen-bond acceptors (Lipinski definition) is 2. The van der Waals surface area contributed by atoms with E-state index in [1.807, 2.05) is 0 Å². The first kappa shape index (κ1) is 14.4. The first-order valence-electron chi connectivity index (χ1n) is 7.62. The molecule has 2 N–H and O–H groups in total. The highest BCUT2D eigenvalue weighted by molar-refractivity contribution is 5.80. The Morgan fingerprint density at radius 2 is 1.63 bits per heavy atom. The van der Waals surface area contributed by atoms with Gasteiger partial charge in [-0.05, 0) is 31.6 Å². The van der Waals surface area contributed by atoms with Crippen LogP contribution in [0.2, 0.25) is 0 Å². The number of carbonyl (C=O) groups is 2. The Morgan fingerprint density at radius 1 is 0.947 bits per heavy atom. The van der Waals surface area contributed by atoms with Gasteiger partial charge < -0.3 is 10.4 Å². The highest BCUT2D eigenvalue weighted by Crippen LogP contribution is 2.32. The molecule has 108 valence electrons. The summed E-state index contributed by atoms with van der Waals surface area (Å²) in [6, 6.07) is -0.166. The van der Waals surface area contributed by atoms with Crippen molar-refractivity contribution in [3.05, 3.63) is 0 Å². The average Bonchev–Trinajstić information content (AvgIpc) is 2.65. The van der Waals surface area contributed by atoms with Crippen molar-refractivity contribution in [2.75, 3.05) is 0 Å². The molecule has 2 aliphatic carbocycles. The summed E-state index contributed by atoms with van der Waals surface area (Å²) in [5, 5.41) is 12.4. The standard InChI is InChI=1S/C15H25NO3/c1-10-6-5-8-11(10)14(17)16-13-9-4-2-3-7-12(13)15(18)19/h10-13H,2-9H2,1H3,(H,16,17)(H,18,19). The molecule has 4 atom stereocenters. The monoisotopic (exact) mass is 267 g/mol. The van der Waals surface area contributed by atoms with Gasteiger partial charge in [-0.15, -0.1) is 0 Å². The molecule has 0 aromatic carbocycles. The molecule has 2 fully saturated rings. The second kappa shape index (κ2) is 6.40. The lowest BCUT2D eigenvalue weighted by atomic mass is 9.92. The lowest BCUT2D eigenvalue weighted by Gasteiger charge is -2.25.